The van der Waals surface area contributed by atoms with Crippen LogP contribution < -0.4 is 5.32 Å². The number of rotatable bonds is 9. The first-order valence-electron chi connectivity index (χ1n) is 9.05. The van der Waals surface area contributed by atoms with Gasteiger partial charge in [-0.2, -0.15) is 0 Å². The van der Waals surface area contributed by atoms with Gasteiger partial charge < -0.3 is 14.8 Å². The molecular weight excluding hydrogens is 354 g/mol. The number of amides is 1. The highest BCUT2D eigenvalue weighted by atomic mass is 32.1. The Hall–Kier alpha value is -1.89. The van der Waals surface area contributed by atoms with E-state index in [0.29, 0.717) is 34.9 Å². The van der Waals surface area contributed by atoms with Gasteiger partial charge in [-0.25, -0.2) is 9.59 Å². The summed E-state index contributed by atoms with van der Waals surface area (Å²) in [4.78, 5) is 37.5. The maximum absolute atomic E-state index is 12.4. The number of nitrogens with one attached hydrogen (secondary N) is 1. The van der Waals surface area contributed by atoms with Crippen molar-refractivity contribution in [3.8, 4) is 0 Å². The summed E-state index contributed by atoms with van der Waals surface area (Å²) in [5.41, 5.74) is 0.703. The minimum atomic E-state index is -0.552. The zero-order valence-electron chi connectivity index (χ0n) is 16.4. The number of hydrogen-bond donors (Lipinski definition) is 1. The second-order valence-corrected chi connectivity index (χ2v) is 7.50. The molecule has 7 heteroatoms. The molecule has 1 amide bonds. The highest BCUT2D eigenvalue weighted by Gasteiger charge is 2.28. The van der Waals surface area contributed by atoms with Crippen molar-refractivity contribution in [2.75, 3.05) is 18.5 Å². The molecule has 6 nitrogen and oxygen atoms in total. The van der Waals surface area contributed by atoms with Crippen molar-refractivity contribution in [1.29, 1.82) is 0 Å². The molecule has 1 aromatic rings. The second-order valence-electron chi connectivity index (χ2n) is 6.48. The predicted molar refractivity (Wildman–Crippen MR) is 103 cm³/mol. The van der Waals surface area contributed by atoms with Gasteiger partial charge in [0.2, 0.25) is 5.91 Å². The minimum Gasteiger partial charge on any atom is -0.462 e. The van der Waals surface area contributed by atoms with Crippen LogP contribution in [0.5, 0.6) is 0 Å². The monoisotopic (exact) mass is 383 g/mol. The fourth-order valence-electron chi connectivity index (χ4n) is 2.43. The first kappa shape index (κ1) is 22.2. The molecule has 146 valence electrons. The summed E-state index contributed by atoms with van der Waals surface area (Å²) in [5.74, 6) is -1.15. The summed E-state index contributed by atoms with van der Waals surface area (Å²) < 4.78 is 10.4. The summed E-state index contributed by atoms with van der Waals surface area (Å²) in [6.45, 7) is 11.6. The molecule has 0 aliphatic heterocycles. The van der Waals surface area contributed by atoms with E-state index in [1.807, 2.05) is 27.7 Å². The van der Waals surface area contributed by atoms with Gasteiger partial charge in [-0.1, -0.05) is 27.7 Å². The van der Waals surface area contributed by atoms with E-state index >= 15 is 0 Å². The molecule has 26 heavy (non-hydrogen) atoms. The molecule has 0 aliphatic carbocycles. The molecule has 0 atom stereocenters. The fourth-order valence-corrected chi connectivity index (χ4v) is 3.52. The highest BCUT2D eigenvalue weighted by Crippen LogP contribution is 2.35. The number of hydrogen-bond acceptors (Lipinski definition) is 6. The summed E-state index contributed by atoms with van der Waals surface area (Å²) in [5, 5.41) is 3.15. The Bertz CT molecular complexity index is 647. The van der Waals surface area contributed by atoms with E-state index in [-0.39, 0.29) is 29.9 Å². The quantitative estimate of drug-likeness (QED) is 0.638. The lowest BCUT2D eigenvalue weighted by atomic mass is 10.0. The molecule has 1 heterocycles. The Labute approximate surface area is 159 Å². The van der Waals surface area contributed by atoms with Gasteiger partial charge in [-0.05, 0) is 38.2 Å². The maximum Gasteiger partial charge on any atom is 0.348 e. The summed E-state index contributed by atoms with van der Waals surface area (Å²) in [6, 6.07) is 0. The van der Waals surface area contributed by atoms with Gasteiger partial charge in [0.1, 0.15) is 9.88 Å². The molecule has 1 rings (SSSR count). The zero-order chi connectivity index (χ0) is 19.9. The van der Waals surface area contributed by atoms with E-state index in [0.717, 1.165) is 11.3 Å². The lowest BCUT2D eigenvalue weighted by Gasteiger charge is -2.12. The van der Waals surface area contributed by atoms with Crippen molar-refractivity contribution in [1.82, 2.24) is 0 Å². The number of esters is 2. The highest BCUT2D eigenvalue weighted by molar-refractivity contribution is 7.18. The molecule has 0 unspecified atom stereocenters. The summed E-state index contributed by atoms with van der Waals surface area (Å²) >= 11 is 1.06. The van der Waals surface area contributed by atoms with Gasteiger partial charge in [-0.15, -0.1) is 11.3 Å². The van der Waals surface area contributed by atoms with E-state index in [1.165, 1.54) is 0 Å². The molecule has 0 saturated carbocycles. The van der Waals surface area contributed by atoms with Crippen LogP contribution in [0.15, 0.2) is 0 Å². The first-order valence-corrected chi connectivity index (χ1v) is 9.86. The van der Waals surface area contributed by atoms with Gasteiger partial charge in [0.05, 0.1) is 18.8 Å². The molecule has 0 radical (unpaired) electrons. The third-order valence-electron chi connectivity index (χ3n) is 3.95. The van der Waals surface area contributed by atoms with Crippen LogP contribution >= 0.6 is 11.3 Å². The average Bonchev–Trinajstić information content (AvgIpc) is 2.90. The van der Waals surface area contributed by atoms with Crippen LogP contribution in [0.25, 0.3) is 0 Å². The van der Waals surface area contributed by atoms with E-state index < -0.39 is 11.9 Å². The van der Waals surface area contributed by atoms with Crippen LogP contribution in [0.1, 0.15) is 73.1 Å². The van der Waals surface area contributed by atoms with Crippen LogP contribution in [-0.4, -0.2) is 31.1 Å². The van der Waals surface area contributed by atoms with Crippen molar-refractivity contribution in [2.45, 2.75) is 54.4 Å². The molecule has 0 spiro atoms. The van der Waals surface area contributed by atoms with Crippen LogP contribution in [0.3, 0.4) is 0 Å². The van der Waals surface area contributed by atoms with Gasteiger partial charge >= 0.3 is 11.9 Å². The maximum atomic E-state index is 12.4. The van der Waals surface area contributed by atoms with Crippen molar-refractivity contribution in [3.05, 3.63) is 16.0 Å². The van der Waals surface area contributed by atoms with Gasteiger partial charge in [0.15, 0.2) is 0 Å². The SMILES string of the molecule is CCOC(=O)c1c(NC(=O)C(CC)CC)sc(C(=O)OCC(C)C)c1C. The normalized spacial score (nSPS) is 10.9. The number of anilines is 1. The molecule has 0 fully saturated rings. The third kappa shape index (κ3) is 5.56. The van der Waals surface area contributed by atoms with E-state index in [1.54, 1.807) is 13.8 Å². The topological polar surface area (TPSA) is 81.7 Å². The van der Waals surface area contributed by atoms with E-state index in [9.17, 15) is 14.4 Å². The lowest BCUT2D eigenvalue weighted by Crippen LogP contribution is -2.22. The predicted octanol–water partition coefficient (Wildman–Crippen LogP) is 4.42. The van der Waals surface area contributed by atoms with Crippen molar-refractivity contribution in [3.63, 3.8) is 0 Å². The second kappa shape index (κ2) is 10.3. The Morgan fingerprint density at radius 1 is 1.04 bits per heavy atom. The van der Waals surface area contributed by atoms with Gasteiger partial charge in [-0.3, -0.25) is 4.79 Å². The van der Waals surface area contributed by atoms with Crippen molar-refractivity contribution in [2.24, 2.45) is 11.8 Å². The molecule has 1 N–H and O–H groups in total. The average molecular weight is 384 g/mol. The molecule has 0 aromatic carbocycles. The Morgan fingerprint density at radius 3 is 2.15 bits per heavy atom. The molecule has 1 aromatic heterocycles. The molecule has 0 aliphatic rings. The molecular formula is C19H29NO5S. The molecule has 0 bridgehead atoms. The Balaban J connectivity index is 3.21. The Kier molecular flexibility index (Phi) is 8.78. The van der Waals surface area contributed by atoms with Gasteiger partial charge in [0.25, 0.3) is 0 Å². The largest absolute Gasteiger partial charge is 0.462 e. The van der Waals surface area contributed by atoms with Crippen molar-refractivity contribution < 1.29 is 23.9 Å². The van der Waals surface area contributed by atoms with Crippen LogP contribution in [-0.2, 0) is 14.3 Å². The molecule has 0 saturated heterocycles. The zero-order valence-corrected chi connectivity index (χ0v) is 17.2. The number of ether oxygens (including phenoxy) is 2. The van der Waals surface area contributed by atoms with Gasteiger partial charge in [0, 0.05) is 5.92 Å². The Morgan fingerprint density at radius 2 is 1.65 bits per heavy atom. The van der Waals surface area contributed by atoms with Crippen LogP contribution in [0, 0.1) is 18.8 Å². The minimum absolute atomic E-state index is 0.149. The lowest BCUT2D eigenvalue weighted by molar-refractivity contribution is -0.120. The van der Waals surface area contributed by atoms with E-state index in [2.05, 4.69) is 5.32 Å². The van der Waals surface area contributed by atoms with E-state index in [4.69, 9.17) is 9.47 Å². The third-order valence-corrected chi connectivity index (χ3v) is 5.14. The number of thiophene rings is 1. The number of carbonyl (C=O) groups is 3. The fraction of sp³-hybridized carbons (Fsp3) is 0.632. The summed E-state index contributed by atoms with van der Waals surface area (Å²) in [6.07, 6.45) is 1.40. The van der Waals surface area contributed by atoms with Crippen molar-refractivity contribution >= 4 is 34.2 Å². The standard InChI is InChI=1S/C19H29NO5S/c1-7-13(8-2)16(21)20-17-14(18(22)24-9-3)12(6)15(26-17)19(23)25-10-11(4)5/h11,13H,7-10H2,1-6H3,(H,20,21). The summed E-state index contributed by atoms with van der Waals surface area (Å²) in [7, 11) is 0. The smallest absolute Gasteiger partial charge is 0.348 e. The first-order chi connectivity index (χ1) is 12.3. The van der Waals surface area contributed by atoms with Crippen LogP contribution in [0.4, 0.5) is 5.00 Å². The number of carbonyl (C=O) groups excluding carboxylic acids is 3. The van der Waals surface area contributed by atoms with Crippen LogP contribution in [0.2, 0.25) is 0 Å².